The molecule has 0 aliphatic carbocycles. The van der Waals surface area contributed by atoms with Gasteiger partial charge in [0.25, 0.3) is 0 Å². The van der Waals surface area contributed by atoms with E-state index in [0.717, 1.165) is 0 Å². The molecule has 0 aromatic carbocycles. The number of rotatable bonds is 4. The first-order valence-corrected chi connectivity index (χ1v) is 5.54. The third-order valence-corrected chi connectivity index (χ3v) is 2.64. The second-order valence-electron chi connectivity index (χ2n) is 4.06. The van der Waals surface area contributed by atoms with Gasteiger partial charge in [-0.3, -0.25) is 19.3 Å². The van der Waals surface area contributed by atoms with Crippen molar-refractivity contribution in [2.45, 2.75) is 13.3 Å². The quantitative estimate of drug-likeness (QED) is 0.604. The lowest BCUT2D eigenvalue weighted by atomic mass is 10.0. The van der Waals surface area contributed by atoms with E-state index in [0.29, 0.717) is 16.8 Å². The summed E-state index contributed by atoms with van der Waals surface area (Å²) in [7, 11) is 1.74. The van der Waals surface area contributed by atoms with Crippen molar-refractivity contribution in [1.82, 2.24) is 14.8 Å². The average molecular weight is 243 g/mol. The van der Waals surface area contributed by atoms with E-state index >= 15 is 0 Å². The van der Waals surface area contributed by atoms with Crippen LogP contribution in [0.1, 0.15) is 32.8 Å². The van der Waals surface area contributed by atoms with Crippen LogP contribution in [0.15, 0.2) is 30.7 Å². The van der Waals surface area contributed by atoms with Crippen molar-refractivity contribution in [2.24, 2.45) is 7.05 Å². The molecule has 0 atom stereocenters. The molecule has 0 spiro atoms. The Hall–Kier alpha value is -2.30. The average Bonchev–Trinajstić information content (AvgIpc) is 2.69. The summed E-state index contributed by atoms with van der Waals surface area (Å²) in [6.45, 7) is 1.75. The highest BCUT2D eigenvalue weighted by molar-refractivity contribution is 6.13. The molecule has 0 bridgehead atoms. The minimum atomic E-state index is -0.206. The highest BCUT2D eigenvalue weighted by Gasteiger charge is 2.17. The van der Waals surface area contributed by atoms with E-state index in [2.05, 4.69) is 10.1 Å². The number of pyridine rings is 1. The molecule has 2 aromatic rings. The summed E-state index contributed by atoms with van der Waals surface area (Å²) in [6, 6.07) is 3.21. The van der Waals surface area contributed by atoms with E-state index in [1.807, 2.05) is 0 Å². The molecule has 0 N–H and O–H groups in total. The van der Waals surface area contributed by atoms with Gasteiger partial charge in [0.15, 0.2) is 11.6 Å². The number of nitrogens with zero attached hydrogens (tertiary/aromatic N) is 3. The topological polar surface area (TPSA) is 64.8 Å². The van der Waals surface area contributed by atoms with E-state index in [4.69, 9.17) is 0 Å². The molecule has 0 aliphatic rings. The summed E-state index contributed by atoms with van der Waals surface area (Å²) in [4.78, 5) is 27.7. The van der Waals surface area contributed by atoms with Crippen LogP contribution in [-0.4, -0.2) is 26.3 Å². The molecular formula is C13H13N3O2. The van der Waals surface area contributed by atoms with Crippen LogP contribution in [0.3, 0.4) is 0 Å². The van der Waals surface area contributed by atoms with E-state index in [9.17, 15) is 9.59 Å². The molecule has 0 amide bonds. The highest BCUT2D eigenvalue weighted by atomic mass is 16.1. The van der Waals surface area contributed by atoms with Crippen LogP contribution in [0.2, 0.25) is 0 Å². The van der Waals surface area contributed by atoms with E-state index in [-0.39, 0.29) is 18.0 Å². The molecule has 0 saturated carbocycles. The Labute approximate surface area is 104 Å². The molecule has 92 valence electrons. The molecule has 0 aliphatic heterocycles. The summed E-state index contributed by atoms with van der Waals surface area (Å²) >= 11 is 0. The molecule has 2 rings (SSSR count). The summed E-state index contributed by atoms with van der Waals surface area (Å²) < 4.78 is 1.57. The fourth-order valence-corrected chi connectivity index (χ4v) is 1.75. The van der Waals surface area contributed by atoms with Gasteiger partial charge >= 0.3 is 0 Å². The molecule has 5 heteroatoms. The van der Waals surface area contributed by atoms with E-state index in [1.54, 1.807) is 37.0 Å². The van der Waals surface area contributed by atoms with Crippen molar-refractivity contribution in [1.29, 1.82) is 0 Å². The highest BCUT2D eigenvalue weighted by Crippen LogP contribution is 2.11. The molecule has 0 saturated heterocycles. The lowest BCUT2D eigenvalue weighted by molar-refractivity contribution is 0.0894. The normalized spacial score (nSPS) is 10.3. The zero-order valence-corrected chi connectivity index (χ0v) is 10.3. The zero-order valence-electron chi connectivity index (χ0n) is 10.3. The Morgan fingerprint density at radius 1 is 1.22 bits per heavy atom. The van der Waals surface area contributed by atoms with E-state index < -0.39 is 0 Å². The second kappa shape index (κ2) is 4.91. The van der Waals surface area contributed by atoms with Crippen LogP contribution < -0.4 is 0 Å². The van der Waals surface area contributed by atoms with Gasteiger partial charge in [-0.15, -0.1) is 0 Å². The number of hydrogen-bond donors (Lipinski definition) is 0. The number of carbonyl (C=O) groups is 2. The van der Waals surface area contributed by atoms with E-state index in [1.165, 1.54) is 12.4 Å². The monoisotopic (exact) mass is 243 g/mol. The Bertz CT molecular complexity index is 588. The maximum absolute atomic E-state index is 12.0. The van der Waals surface area contributed by atoms with Crippen LogP contribution in [0.4, 0.5) is 0 Å². The fourth-order valence-electron chi connectivity index (χ4n) is 1.75. The summed E-state index contributed by atoms with van der Waals surface area (Å²) in [5.74, 6) is -0.409. The largest absolute Gasteiger partial charge is 0.294 e. The third-order valence-electron chi connectivity index (χ3n) is 2.64. The number of hydrogen-bond acceptors (Lipinski definition) is 4. The fraction of sp³-hybridized carbons (Fsp3) is 0.231. The SMILES string of the molecule is Cc1nn(C)cc1C(=O)CC(=O)c1ccncc1. The smallest absolute Gasteiger partial charge is 0.174 e. The molecule has 18 heavy (non-hydrogen) atoms. The first-order chi connectivity index (χ1) is 8.58. The first-order valence-electron chi connectivity index (χ1n) is 5.54. The maximum Gasteiger partial charge on any atom is 0.174 e. The standard InChI is InChI=1S/C13H13N3O2/c1-9-11(8-16(2)15-9)13(18)7-12(17)10-3-5-14-6-4-10/h3-6,8H,7H2,1-2H3. The minimum Gasteiger partial charge on any atom is -0.294 e. The molecule has 5 nitrogen and oxygen atoms in total. The van der Waals surface area contributed by atoms with Crippen LogP contribution in [0.25, 0.3) is 0 Å². The summed E-state index contributed by atoms with van der Waals surface area (Å²) in [6.07, 6.45) is 4.56. The first kappa shape index (κ1) is 12.2. The van der Waals surface area contributed by atoms with Gasteiger partial charge in [0.2, 0.25) is 0 Å². The van der Waals surface area contributed by atoms with Gasteiger partial charge in [0.1, 0.15) is 0 Å². The van der Waals surface area contributed by atoms with Crippen molar-refractivity contribution in [3.8, 4) is 0 Å². The zero-order chi connectivity index (χ0) is 13.1. The lowest BCUT2D eigenvalue weighted by Gasteiger charge is -1.99. The van der Waals surface area contributed by atoms with Crippen molar-refractivity contribution >= 4 is 11.6 Å². The Morgan fingerprint density at radius 3 is 2.44 bits per heavy atom. The molecule has 0 unspecified atom stereocenters. The van der Waals surface area contributed by atoms with Gasteiger partial charge < -0.3 is 0 Å². The number of aromatic nitrogens is 3. The maximum atomic E-state index is 12.0. The molecular weight excluding hydrogens is 230 g/mol. The Morgan fingerprint density at radius 2 is 1.89 bits per heavy atom. The predicted octanol–water partition coefficient (Wildman–Crippen LogP) is 1.58. The number of carbonyl (C=O) groups excluding carboxylic acids is 2. The summed E-state index contributed by atoms with van der Waals surface area (Å²) in [5.41, 5.74) is 1.64. The summed E-state index contributed by atoms with van der Waals surface area (Å²) in [5, 5.41) is 4.09. The Balaban J connectivity index is 2.13. The van der Waals surface area contributed by atoms with Gasteiger partial charge in [-0.1, -0.05) is 0 Å². The Kier molecular flexibility index (Phi) is 3.32. The van der Waals surface area contributed by atoms with Crippen LogP contribution in [0, 0.1) is 6.92 Å². The van der Waals surface area contributed by atoms with Crippen LogP contribution >= 0.6 is 0 Å². The predicted molar refractivity (Wildman–Crippen MR) is 65.5 cm³/mol. The molecule has 0 fully saturated rings. The van der Waals surface area contributed by atoms with Crippen molar-refractivity contribution in [3.05, 3.63) is 47.5 Å². The minimum absolute atomic E-state index is 0.142. The molecule has 0 radical (unpaired) electrons. The van der Waals surface area contributed by atoms with Crippen molar-refractivity contribution in [3.63, 3.8) is 0 Å². The number of ketones is 2. The van der Waals surface area contributed by atoms with Crippen molar-refractivity contribution < 1.29 is 9.59 Å². The second-order valence-corrected chi connectivity index (χ2v) is 4.06. The van der Waals surface area contributed by atoms with Gasteiger partial charge in [-0.25, -0.2) is 0 Å². The lowest BCUT2D eigenvalue weighted by Crippen LogP contribution is -2.09. The van der Waals surface area contributed by atoms with Gasteiger partial charge in [0, 0.05) is 31.2 Å². The molecule has 2 heterocycles. The number of aryl methyl sites for hydroxylation is 2. The van der Waals surface area contributed by atoms with Gasteiger partial charge in [-0.05, 0) is 19.1 Å². The third kappa shape index (κ3) is 2.51. The van der Waals surface area contributed by atoms with Crippen molar-refractivity contribution in [2.75, 3.05) is 0 Å². The van der Waals surface area contributed by atoms with Gasteiger partial charge in [-0.2, -0.15) is 5.10 Å². The van der Waals surface area contributed by atoms with Crippen LogP contribution in [0.5, 0.6) is 0 Å². The van der Waals surface area contributed by atoms with Gasteiger partial charge in [0.05, 0.1) is 17.7 Å². The molecule has 2 aromatic heterocycles. The van der Waals surface area contributed by atoms with Crippen LogP contribution in [-0.2, 0) is 7.05 Å². The number of Topliss-reactive ketones (excluding diaryl/α,β-unsaturated/α-hetero) is 2.